The van der Waals surface area contributed by atoms with Gasteiger partial charge in [0.15, 0.2) is 0 Å². The van der Waals surface area contributed by atoms with Crippen molar-refractivity contribution in [2.45, 2.75) is 13.3 Å². The van der Waals surface area contributed by atoms with Crippen LogP contribution in [0.1, 0.15) is 13.3 Å². The highest BCUT2D eigenvalue weighted by Gasteiger charge is 2.17. The van der Waals surface area contributed by atoms with E-state index in [1.54, 1.807) is 40.4 Å². The lowest BCUT2D eigenvalue weighted by Gasteiger charge is -2.24. The molecule has 0 heterocycles. The van der Waals surface area contributed by atoms with Gasteiger partial charge in [-0.3, -0.25) is 4.79 Å². The summed E-state index contributed by atoms with van der Waals surface area (Å²) in [6, 6.07) is 3.59. The van der Waals surface area contributed by atoms with Gasteiger partial charge < -0.3 is 19.1 Å². The molecule has 0 saturated carbocycles. The molecule has 5 heteroatoms. The van der Waals surface area contributed by atoms with Crippen molar-refractivity contribution in [1.29, 1.82) is 0 Å². The van der Waals surface area contributed by atoms with E-state index < -0.39 is 0 Å². The zero-order chi connectivity index (χ0) is 14.4. The van der Waals surface area contributed by atoms with E-state index in [9.17, 15) is 4.79 Å². The van der Waals surface area contributed by atoms with Crippen LogP contribution in [0.2, 0.25) is 0 Å². The number of benzene rings is 1. The third-order valence-electron chi connectivity index (χ3n) is 2.87. The number of carbonyl (C=O) groups excluding carboxylic acids is 1. The SMILES string of the molecule is COc1cc(OC)c(N(C)CCC(C)=O)c(OC)c1. The number of hydrogen-bond donors (Lipinski definition) is 0. The number of anilines is 1. The lowest BCUT2D eigenvalue weighted by atomic mass is 10.2. The molecule has 0 amide bonds. The molecule has 0 saturated heterocycles. The standard InChI is InChI=1S/C14H21NO4/c1-10(16)6-7-15(2)14-12(18-4)8-11(17-3)9-13(14)19-5/h8-9H,6-7H2,1-5H3. The van der Waals surface area contributed by atoms with Crippen LogP contribution in [0.4, 0.5) is 5.69 Å². The third-order valence-corrected chi connectivity index (χ3v) is 2.87. The van der Waals surface area contributed by atoms with Gasteiger partial charge in [-0.2, -0.15) is 0 Å². The predicted octanol–water partition coefficient (Wildman–Crippen LogP) is 2.13. The summed E-state index contributed by atoms with van der Waals surface area (Å²) >= 11 is 0. The van der Waals surface area contributed by atoms with Crippen molar-refractivity contribution >= 4 is 11.5 Å². The van der Waals surface area contributed by atoms with E-state index >= 15 is 0 Å². The molecule has 0 spiro atoms. The topological polar surface area (TPSA) is 48.0 Å². The van der Waals surface area contributed by atoms with E-state index in [1.165, 1.54) is 0 Å². The zero-order valence-corrected chi connectivity index (χ0v) is 12.1. The van der Waals surface area contributed by atoms with Crippen molar-refractivity contribution in [3.05, 3.63) is 12.1 Å². The zero-order valence-electron chi connectivity index (χ0n) is 12.1. The van der Waals surface area contributed by atoms with Crippen LogP contribution in [-0.4, -0.2) is 40.7 Å². The normalized spacial score (nSPS) is 9.95. The number of carbonyl (C=O) groups is 1. The summed E-state index contributed by atoms with van der Waals surface area (Å²) in [5.41, 5.74) is 0.812. The summed E-state index contributed by atoms with van der Waals surface area (Å²) in [4.78, 5) is 13.0. The van der Waals surface area contributed by atoms with Crippen LogP contribution in [0.3, 0.4) is 0 Å². The molecule has 19 heavy (non-hydrogen) atoms. The second kappa shape index (κ2) is 6.87. The Bertz CT molecular complexity index is 420. The monoisotopic (exact) mass is 267 g/mol. The molecule has 1 rings (SSSR count). The van der Waals surface area contributed by atoms with Gasteiger partial charge in [0.2, 0.25) is 0 Å². The number of rotatable bonds is 7. The maximum atomic E-state index is 11.1. The van der Waals surface area contributed by atoms with E-state index in [2.05, 4.69) is 0 Å². The Morgan fingerprint density at radius 3 is 2.00 bits per heavy atom. The molecule has 0 aromatic heterocycles. The Labute approximate surface area is 114 Å². The number of Topliss-reactive ketones (excluding diaryl/α,β-unsaturated/α-hetero) is 1. The van der Waals surface area contributed by atoms with Gasteiger partial charge in [-0.25, -0.2) is 0 Å². The maximum Gasteiger partial charge on any atom is 0.149 e. The molecule has 0 aliphatic carbocycles. The van der Waals surface area contributed by atoms with Gasteiger partial charge in [0, 0.05) is 32.1 Å². The maximum absolute atomic E-state index is 11.1. The number of hydrogen-bond acceptors (Lipinski definition) is 5. The fraction of sp³-hybridized carbons (Fsp3) is 0.500. The van der Waals surface area contributed by atoms with Crippen molar-refractivity contribution in [3.8, 4) is 17.2 Å². The Hall–Kier alpha value is -1.91. The average Bonchev–Trinajstić information content (AvgIpc) is 2.42. The molecular formula is C14H21NO4. The Balaban J connectivity index is 3.12. The highest BCUT2D eigenvalue weighted by atomic mass is 16.5. The molecule has 0 unspecified atom stereocenters. The molecular weight excluding hydrogens is 246 g/mol. The lowest BCUT2D eigenvalue weighted by molar-refractivity contribution is -0.116. The summed E-state index contributed by atoms with van der Waals surface area (Å²) in [5.74, 6) is 2.13. The Kier molecular flexibility index (Phi) is 5.48. The highest BCUT2D eigenvalue weighted by Crippen LogP contribution is 2.41. The molecule has 0 atom stereocenters. The molecule has 106 valence electrons. The second-order valence-electron chi connectivity index (χ2n) is 4.25. The van der Waals surface area contributed by atoms with E-state index in [0.29, 0.717) is 30.2 Å². The minimum absolute atomic E-state index is 0.151. The Morgan fingerprint density at radius 2 is 1.63 bits per heavy atom. The summed E-state index contributed by atoms with van der Waals surface area (Å²) in [6.07, 6.45) is 0.481. The minimum Gasteiger partial charge on any atom is -0.496 e. The summed E-state index contributed by atoms with van der Waals surface area (Å²) in [5, 5.41) is 0. The lowest BCUT2D eigenvalue weighted by Crippen LogP contribution is -2.21. The summed E-state index contributed by atoms with van der Waals surface area (Å²) < 4.78 is 15.9. The van der Waals surface area contributed by atoms with Crippen molar-refractivity contribution in [3.63, 3.8) is 0 Å². The van der Waals surface area contributed by atoms with Crippen LogP contribution in [-0.2, 0) is 4.79 Å². The molecule has 0 aliphatic heterocycles. The minimum atomic E-state index is 0.151. The first-order valence-electron chi connectivity index (χ1n) is 6.04. The van der Waals surface area contributed by atoms with E-state index in [0.717, 1.165) is 5.69 Å². The quantitative estimate of drug-likeness (QED) is 0.757. The Morgan fingerprint density at radius 1 is 1.11 bits per heavy atom. The fourth-order valence-corrected chi connectivity index (χ4v) is 1.80. The second-order valence-corrected chi connectivity index (χ2v) is 4.25. The first-order chi connectivity index (χ1) is 9.03. The van der Waals surface area contributed by atoms with Gasteiger partial charge in [0.25, 0.3) is 0 Å². The van der Waals surface area contributed by atoms with Crippen LogP contribution < -0.4 is 19.1 Å². The highest BCUT2D eigenvalue weighted by molar-refractivity contribution is 5.77. The van der Waals surface area contributed by atoms with Crippen LogP contribution in [0.15, 0.2) is 12.1 Å². The molecule has 0 aliphatic rings. The largest absolute Gasteiger partial charge is 0.496 e. The van der Waals surface area contributed by atoms with Gasteiger partial charge in [0.1, 0.15) is 28.7 Å². The molecule has 0 radical (unpaired) electrons. The fourth-order valence-electron chi connectivity index (χ4n) is 1.80. The first-order valence-corrected chi connectivity index (χ1v) is 6.04. The summed E-state index contributed by atoms with van der Waals surface area (Å²) in [7, 11) is 6.68. The van der Waals surface area contributed by atoms with Gasteiger partial charge >= 0.3 is 0 Å². The van der Waals surface area contributed by atoms with Gasteiger partial charge in [-0.15, -0.1) is 0 Å². The molecule has 5 nitrogen and oxygen atoms in total. The van der Waals surface area contributed by atoms with Crippen LogP contribution in [0.25, 0.3) is 0 Å². The van der Waals surface area contributed by atoms with Crippen molar-refractivity contribution in [2.24, 2.45) is 0 Å². The smallest absolute Gasteiger partial charge is 0.149 e. The number of methoxy groups -OCH3 is 3. The molecule has 0 fully saturated rings. The van der Waals surface area contributed by atoms with E-state index in [4.69, 9.17) is 14.2 Å². The van der Waals surface area contributed by atoms with Crippen LogP contribution in [0.5, 0.6) is 17.2 Å². The van der Waals surface area contributed by atoms with Crippen LogP contribution in [0, 0.1) is 0 Å². The number of nitrogens with zero attached hydrogens (tertiary/aromatic N) is 1. The van der Waals surface area contributed by atoms with Gasteiger partial charge in [-0.05, 0) is 6.92 Å². The molecule has 1 aromatic rings. The third kappa shape index (κ3) is 3.77. The summed E-state index contributed by atoms with van der Waals surface area (Å²) in [6.45, 7) is 2.19. The number of ether oxygens (including phenoxy) is 3. The molecule has 0 bridgehead atoms. The molecule has 0 N–H and O–H groups in total. The van der Waals surface area contributed by atoms with E-state index in [1.807, 2.05) is 11.9 Å². The molecule has 1 aromatic carbocycles. The van der Waals surface area contributed by atoms with Gasteiger partial charge in [0.05, 0.1) is 21.3 Å². The van der Waals surface area contributed by atoms with Crippen molar-refractivity contribution < 1.29 is 19.0 Å². The van der Waals surface area contributed by atoms with Crippen LogP contribution >= 0.6 is 0 Å². The van der Waals surface area contributed by atoms with E-state index in [-0.39, 0.29) is 5.78 Å². The number of ketones is 1. The first kappa shape index (κ1) is 15.1. The average molecular weight is 267 g/mol. The predicted molar refractivity (Wildman–Crippen MR) is 74.7 cm³/mol. The van der Waals surface area contributed by atoms with Crippen molar-refractivity contribution in [2.75, 3.05) is 39.8 Å². The van der Waals surface area contributed by atoms with Gasteiger partial charge in [-0.1, -0.05) is 0 Å². The van der Waals surface area contributed by atoms with Crippen molar-refractivity contribution in [1.82, 2.24) is 0 Å².